The molecule has 0 saturated heterocycles. The lowest BCUT2D eigenvalue weighted by Gasteiger charge is -2.21. The van der Waals surface area contributed by atoms with Gasteiger partial charge in [0.05, 0.1) is 12.1 Å². The van der Waals surface area contributed by atoms with Crippen LogP contribution in [0.1, 0.15) is 34.7 Å². The van der Waals surface area contributed by atoms with Crippen molar-refractivity contribution in [3.05, 3.63) is 70.8 Å². The second-order valence-corrected chi connectivity index (χ2v) is 5.07. The van der Waals surface area contributed by atoms with Crippen molar-refractivity contribution in [2.75, 3.05) is 6.54 Å². The first-order valence-electron chi connectivity index (χ1n) is 6.95. The van der Waals surface area contributed by atoms with Crippen molar-refractivity contribution in [3.8, 4) is 6.07 Å². The average Bonchev–Trinajstić information content (AvgIpc) is 2.48. The first-order chi connectivity index (χ1) is 9.72. The molecule has 0 amide bonds. The Labute approximate surface area is 121 Å². The standard InChI is InChI=1S/C18H20N2/c1-14-9-10-15(2)17(13-14)18(20-12-6-11-19)16-7-4-3-5-8-16/h3-5,7-10,13,18,20H,6,12H2,1-2H3. The van der Waals surface area contributed by atoms with Gasteiger partial charge in [-0.3, -0.25) is 0 Å². The van der Waals surface area contributed by atoms with Crippen LogP contribution in [0.2, 0.25) is 0 Å². The SMILES string of the molecule is Cc1ccc(C)c(C(NCCC#N)c2ccccc2)c1. The molecule has 1 atom stereocenters. The highest BCUT2D eigenvalue weighted by Crippen LogP contribution is 2.25. The van der Waals surface area contributed by atoms with Crippen LogP contribution in [0.3, 0.4) is 0 Å². The van der Waals surface area contributed by atoms with Crippen LogP contribution < -0.4 is 5.32 Å². The third-order valence-corrected chi connectivity index (χ3v) is 3.46. The first kappa shape index (κ1) is 14.3. The van der Waals surface area contributed by atoms with E-state index in [9.17, 15) is 0 Å². The number of nitrogens with one attached hydrogen (secondary N) is 1. The largest absolute Gasteiger partial charge is 0.305 e. The normalized spacial score (nSPS) is 11.8. The zero-order valence-corrected chi connectivity index (χ0v) is 12.1. The number of benzene rings is 2. The Balaban J connectivity index is 2.36. The predicted octanol–water partition coefficient (Wildman–Crippen LogP) is 3.90. The number of aryl methyl sites for hydroxylation is 2. The van der Waals surface area contributed by atoms with E-state index in [1.165, 1.54) is 22.3 Å². The molecule has 2 aromatic carbocycles. The van der Waals surface area contributed by atoms with Crippen LogP contribution >= 0.6 is 0 Å². The summed E-state index contributed by atoms with van der Waals surface area (Å²) in [4.78, 5) is 0. The summed E-state index contributed by atoms with van der Waals surface area (Å²) >= 11 is 0. The molecule has 0 aliphatic rings. The molecule has 2 heteroatoms. The van der Waals surface area contributed by atoms with E-state index in [4.69, 9.17) is 5.26 Å². The summed E-state index contributed by atoms with van der Waals surface area (Å²) in [6, 6.07) is 19.3. The first-order valence-corrected chi connectivity index (χ1v) is 6.95. The minimum Gasteiger partial charge on any atom is -0.305 e. The van der Waals surface area contributed by atoms with E-state index < -0.39 is 0 Å². The van der Waals surface area contributed by atoms with Crippen molar-refractivity contribution in [1.82, 2.24) is 5.32 Å². The van der Waals surface area contributed by atoms with Gasteiger partial charge in [0.25, 0.3) is 0 Å². The van der Waals surface area contributed by atoms with E-state index in [-0.39, 0.29) is 6.04 Å². The molecule has 0 aliphatic heterocycles. The van der Waals surface area contributed by atoms with Gasteiger partial charge in [0, 0.05) is 13.0 Å². The molecular weight excluding hydrogens is 244 g/mol. The molecule has 2 aromatic rings. The maximum Gasteiger partial charge on any atom is 0.0635 e. The lowest BCUT2D eigenvalue weighted by atomic mass is 9.93. The second-order valence-electron chi connectivity index (χ2n) is 5.07. The lowest BCUT2D eigenvalue weighted by molar-refractivity contribution is 0.610. The maximum absolute atomic E-state index is 8.73. The Kier molecular flexibility index (Phi) is 4.92. The van der Waals surface area contributed by atoms with E-state index in [2.05, 4.69) is 67.7 Å². The van der Waals surface area contributed by atoms with Crippen LogP contribution in [0.4, 0.5) is 0 Å². The fourth-order valence-electron chi connectivity index (χ4n) is 2.40. The highest BCUT2D eigenvalue weighted by molar-refractivity contribution is 5.39. The Morgan fingerprint density at radius 1 is 1.10 bits per heavy atom. The van der Waals surface area contributed by atoms with Crippen molar-refractivity contribution >= 4 is 0 Å². The molecule has 0 bridgehead atoms. The summed E-state index contributed by atoms with van der Waals surface area (Å²) in [7, 11) is 0. The van der Waals surface area contributed by atoms with Crippen LogP contribution in [0.5, 0.6) is 0 Å². The zero-order valence-electron chi connectivity index (χ0n) is 12.1. The van der Waals surface area contributed by atoms with Gasteiger partial charge in [-0.05, 0) is 30.5 Å². The van der Waals surface area contributed by atoms with E-state index >= 15 is 0 Å². The Morgan fingerprint density at radius 3 is 2.55 bits per heavy atom. The molecule has 0 aromatic heterocycles. The minimum atomic E-state index is 0.143. The summed E-state index contributed by atoms with van der Waals surface area (Å²) in [6.07, 6.45) is 0.522. The molecule has 0 radical (unpaired) electrons. The highest BCUT2D eigenvalue weighted by Gasteiger charge is 2.15. The number of nitrogens with zero attached hydrogens (tertiary/aromatic N) is 1. The predicted molar refractivity (Wildman–Crippen MR) is 82.4 cm³/mol. The molecule has 2 rings (SSSR count). The van der Waals surface area contributed by atoms with Crippen molar-refractivity contribution in [3.63, 3.8) is 0 Å². The van der Waals surface area contributed by atoms with Gasteiger partial charge in [0.15, 0.2) is 0 Å². The van der Waals surface area contributed by atoms with Gasteiger partial charge in [-0.1, -0.05) is 54.1 Å². The Bertz CT molecular complexity index is 597. The van der Waals surface area contributed by atoms with E-state index in [1.54, 1.807) is 0 Å². The van der Waals surface area contributed by atoms with E-state index in [0.29, 0.717) is 13.0 Å². The summed E-state index contributed by atoms with van der Waals surface area (Å²) in [5.74, 6) is 0. The van der Waals surface area contributed by atoms with Gasteiger partial charge in [0.1, 0.15) is 0 Å². The van der Waals surface area contributed by atoms with Crippen molar-refractivity contribution in [2.24, 2.45) is 0 Å². The number of hydrogen-bond acceptors (Lipinski definition) is 2. The fraction of sp³-hybridized carbons (Fsp3) is 0.278. The van der Waals surface area contributed by atoms with Gasteiger partial charge < -0.3 is 5.32 Å². The molecule has 0 saturated carbocycles. The monoisotopic (exact) mass is 264 g/mol. The van der Waals surface area contributed by atoms with Gasteiger partial charge >= 0.3 is 0 Å². The molecule has 0 spiro atoms. The van der Waals surface area contributed by atoms with Crippen LogP contribution in [0.15, 0.2) is 48.5 Å². The average molecular weight is 264 g/mol. The van der Waals surface area contributed by atoms with Crippen molar-refractivity contribution in [1.29, 1.82) is 5.26 Å². The molecular formula is C18H20N2. The third kappa shape index (κ3) is 3.46. The lowest BCUT2D eigenvalue weighted by Crippen LogP contribution is -2.24. The topological polar surface area (TPSA) is 35.8 Å². The maximum atomic E-state index is 8.73. The summed E-state index contributed by atoms with van der Waals surface area (Å²) in [5.41, 5.74) is 5.05. The molecule has 0 aliphatic carbocycles. The van der Waals surface area contributed by atoms with Crippen LogP contribution in [-0.2, 0) is 0 Å². The Hall–Kier alpha value is -2.11. The fourth-order valence-corrected chi connectivity index (χ4v) is 2.40. The molecule has 102 valence electrons. The molecule has 0 heterocycles. The molecule has 0 fully saturated rings. The summed E-state index contributed by atoms with van der Waals surface area (Å²) in [6.45, 7) is 4.94. The third-order valence-electron chi connectivity index (χ3n) is 3.46. The quantitative estimate of drug-likeness (QED) is 0.831. The number of hydrogen-bond donors (Lipinski definition) is 1. The van der Waals surface area contributed by atoms with Crippen LogP contribution in [-0.4, -0.2) is 6.54 Å². The van der Waals surface area contributed by atoms with Gasteiger partial charge in [-0.2, -0.15) is 5.26 Å². The molecule has 1 N–H and O–H groups in total. The molecule has 2 nitrogen and oxygen atoms in total. The van der Waals surface area contributed by atoms with Gasteiger partial charge in [-0.25, -0.2) is 0 Å². The summed E-state index contributed by atoms with van der Waals surface area (Å²) in [5, 5.41) is 12.2. The summed E-state index contributed by atoms with van der Waals surface area (Å²) < 4.78 is 0. The van der Waals surface area contributed by atoms with Crippen molar-refractivity contribution < 1.29 is 0 Å². The van der Waals surface area contributed by atoms with E-state index in [1.807, 2.05) is 6.07 Å². The van der Waals surface area contributed by atoms with Gasteiger partial charge in [0.2, 0.25) is 0 Å². The minimum absolute atomic E-state index is 0.143. The highest BCUT2D eigenvalue weighted by atomic mass is 14.9. The van der Waals surface area contributed by atoms with E-state index in [0.717, 1.165) is 0 Å². The van der Waals surface area contributed by atoms with Crippen molar-refractivity contribution in [2.45, 2.75) is 26.3 Å². The Morgan fingerprint density at radius 2 is 1.85 bits per heavy atom. The number of rotatable bonds is 5. The molecule has 1 unspecified atom stereocenters. The van der Waals surface area contributed by atoms with Crippen LogP contribution in [0.25, 0.3) is 0 Å². The smallest absolute Gasteiger partial charge is 0.0635 e. The zero-order chi connectivity index (χ0) is 14.4. The molecule has 20 heavy (non-hydrogen) atoms. The van der Waals surface area contributed by atoms with Gasteiger partial charge in [-0.15, -0.1) is 0 Å². The number of nitriles is 1. The van der Waals surface area contributed by atoms with Crippen LogP contribution in [0, 0.1) is 25.2 Å². The second kappa shape index (κ2) is 6.88.